The zero-order valence-corrected chi connectivity index (χ0v) is 11.1. The summed E-state index contributed by atoms with van der Waals surface area (Å²) in [5.74, 6) is 0.694. The summed E-state index contributed by atoms with van der Waals surface area (Å²) in [4.78, 5) is 14.4. The lowest BCUT2D eigenvalue weighted by Gasteiger charge is -2.11. The number of nitro benzene ring substituents is 1. The van der Waals surface area contributed by atoms with Crippen LogP contribution in [0.2, 0.25) is 0 Å². The molecule has 0 fully saturated rings. The van der Waals surface area contributed by atoms with Crippen LogP contribution in [0.5, 0.6) is 5.75 Å². The molecule has 0 amide bonds. The molecular weight excluding hydrogens is 264 g/mol. The Morgan fingerprint density at radius 1 is 1.45 bits per heavy atom. The van der Waals surface area contributed by atoms with Crippen LogP contribution in [0.4, 0.5) is 5.69 Å². The number of para-hydroxylation sites is 2. The third kappa shape index (κ3) is 3.09. The molecule has 0 radical (unpaired) electrons. The Hall–Kier alpha value is -2.48. The molecule has 106 valence electrons. The van der Waals surface area contributed by atoms with E-state index in [0.717, 1.165) is 0 Å². The third-order valence-corrected chi connectivity index (χ3v) is 2.46. The van der Waals surface area contributed by atoms with Gasteiger partial charge in [-0.2, -0.15) is 4.98 Å². The average Bonchev–Trinajstić information content (AvgIpc) is 2.85. The molecule has 20 heavy (non-hydrogen) atoms. The molecule has 0 bridgehead atoms. The summed E-state index contributed by atoms with van der Waals surface area (Å²) in [7, 11) is 0. The van der Waals surface area contributed by atoms with Crippen LogP contribution >= 0.6 is 0 Å². The molecular formula is C12H14N4O4. The van der Waals surface area contributed by atoms with Crippen LogP contribution in [0.15, 0.2) is 28.8 Å². The summed E-state index contributed by atoms with van der Waals surface area (Å²) in [5.41, 5.74) is 4.99. The summed E-state index contributed by atoms with van der Waals surface area (Å²) in [5, 5.41) is 14.6. The van der Waals surface area contributed by atoms with E-state index in [-0.39, 0.29) is 23.9 Å². The van der Waals surface area contributed by atoms with Gasteiger partial charge in [0, 0.05) is 6.07 Å². The first kappa shape index (κ1) is 13.9. The molecule has 0 saturated heterocycles. The number of aromatic nitrogens is 2. The predicted molar refractivity (Wildman–Crippen MR) is 68.9 cm³/mol. The Morgan fingerprint density at radius 3 is 2.75 bits per heavy atom. The van der Waals surface area contributed by atoms with Crippen molar-refractivity contribution in [2.24, 2.45) is 5.73 Å². The lowest BCUT2D eigenvalue weighted by Crippen LogP contribution is -2.30. The molecule has 1 heterocycles. The second-order valence-corrected chi connectivity index (χ2v) is 4.75. The molecule has 0 saturated carbocycles. The van der Waals surface area contributed by atoms with E-state index in [4.69, 9.17) is 15.0 Å². The summed E-state index contributed by atoms with van der Waals surface area (Å²) in [6.07, 6.45) is 0. The van der Waals surface area contributed by atoms with Crippen molar-refractivity contribution in [2.75, 3.05) is 0 Å². The zero-order chi connectivity index (χ0) is 14.8. The topological polar surface area (TPSA) is 117 Å². The predicted octanol–water partition coefficient (Wildman–Crippen LogP) is 1.75. The van der Waals surface area contributed by atoms with Gasteiger partial charge in [0.1, 0.15) is 0 Å². The zero-order valence-electron chi connectivity index (χ0n) is 11.1. The summed E-state index contributed by atoms with van der Waals surface area (Å²) < 4.78 is 10.3. The van der Waals surface area contributed by atoms with Crippen molar-refractivity contribution < 1.29 is 14.2 Å². The number of ether oxygens (including phenoxy) is 1. The van der Waals surface area contributed by atoms with Crippen molar-refractivity contribution in [3.63, 3.8) is 0 Å². The van der Waals surface area contributed by atoms with Gasteiger partial charge in [0.25, 0.3) is 5.89 Å². The van der Waals surface area contributed by atoms with Gasteiger partial charge in [-0.15, -0.1) is 0 Å². The fraction of sp³-hybridized carbons (Fsp3) is 0.333. The molecule has 0 unspecified atom stereocenters. The second-order valence-electron chi connectivity index (χ2n) is 4.75. The molecule has 2 aromatic rings. The van der Waals surface area contributed by atoms with Crippen molar-refractivity contribution in [3.8, 4) is 5.75 Å². The van der Waals surface area contributed by atoms with Gasteiger partial charge in [-0.3, -0.25) is 10.1 Å². The van der Waals surface area contributed by atoms with Crippen LogP contribution in [0.25, 0.3) is 0 Å². The Bertz CT molecular complexity index is 618. The van der Waals surface area contributed by atoms with E-state index in [2.05, 4.69) is 10.1 Å². The monoisotopic (exact) mass is 278 g/mol. The van der Waals surface area contributed by atoms with Gasteiger partial charge in [0.05, 0.1) is 10.5 Å². The van der Waals surface area contributed by atoms with Crippen molar-refractivity contribution >= 4 is 5.69 Å². The summed E-state index contributed by atoms with van der Waals surface area (Å²) in [6, 6.07) is 6.07. The van der Waals surface area contributed by atoms with E-state index in [1.165, 1.54) is 12.1 Å². The molecule has 8 nitrogen and oxygen atoms in total. The number of nitrogens with two attached hydrogens (primary N) is 1. The van der Waals surface area contributed by atoms with Crippen molar-refractivity contribution in [1.29, 1.82) is 0 Å². The lowest BCUT2D eigenvalue weighted by molar-refractivity contribution is -0.386. The van der Waals surface area contributed by atoms with E-state index in [9.17, 15) is 10.1 Å². The van der Waals surface area contributed by atoms with Gasteiger partial charge in [-0.25, -0.2) is 0 Å². The molecule has 1 aromatic heterocycles. The quantitative estimate of drug-likeness (QED) is 0.653. The highest BCUT2D eigenvalue weighted by Gasteiger charge is 2.22. The number of hydrogen-bond donors (Lipinski definition) is 1. The van der Waals surface area contributed by atoms with Gasteiger partial charge in [-0.05, 0) is 19.9 Å². The molecule has 0 spiro atoms. The minimum atomic E-state index is -0.722. The normalized spacial score (nSPS) is 11.3. The molecule has 0 aliphatic rings. The first-order chi connectivity index (χ1) is 9.38. The smallest absolute Gasteiger partial charge is 0.310 e. The largest absolute Gasteiger partial charge is 0.477 e. The second kappa shape index (κ2) is 5.25. The molecule has 2 rings (SSSR count). The fourth-order valence-electron chi connectivity index (χ4n) is 1.44. The maximum atomic E-state index is 10.8. The maximum Gasteiger partial charge on any atom is 0.310 e. The Kier molecular flexibility index (Phi) is 3.66. The van der Waals surface area contributed by atoms with Crippen LogP contribution in [0.3, 0.4) is 0 Å². The first-order valence-corrected chi connectivity index (χ1v) is 5.86. The van der Waals surface area contributed by atoms with Gasteiger partial charge in [0.2, 0.25) is 0 Å². The SMILES string of the molecule is CC(C)(N)c1noc(COc2ccccc2[N+](=O)[O-])n1. The standard InChI is InChI=1S/C12H14N4O4/c1-12(2,13)11-14-10(20-15-11)7-19-9-6-4-3-5-8(9)16(17)18/h3-6H,7,13H2,1-2H3. The Balaban J connectivity index is 2.10. The summed E-state index contributed by atoms with van der Waals surface area (Å²) >= 11 is 0. The molecule has 0 aliphatic carbocycles. The van der Waals surface area contributed by atoms with Crippen LogP contribution in [0, 0.1) is 10.1 Å². The average molecular weight is 278 g/mol. The van der Waals surface area contributed by atoms with Gasteiger partial charge >= 0.3 is 5.69 Å². The van der Waals surface area contributed by atoms with E-state index < -0.39 is 10.5 Å². The highest BCUT2D eigenvalue weighted by molar-refractivity contribution is 5.45. The van der Waals surface area contributed by atoms with Crippen LogP contribution in [0.1, 0.15) is 25.6 Å². The van der Waals surface area contributed by atoms with Crippen molar-refractivity contribution in [1.82, 2.24) is 10.1 Å². The molecule has 1 aromatic carbocycles. The minimum absolute atomic E-state index is 0.0616. The Morgan fingerprint density at radius 2 is 2.15 bits per heavy atom. The van der Waals surface area contributed by atoms with E-state index in [1.807, 2.05) is 0 Å². The highest BCUT2D eigenvalue weighted by Crippen LogP contribution is 2.26. The van der Waals surface area contributed by atoms with Crippen molar-refractivity contribution in [3.05, 3.63) is 46.1 Å². The van der Waals surface area contributed by atoms with Gasteiger partial charge in [0.15, 0.2) is 18.2 Å². The van der Waals surface area contributed by atoms with Gasteiger partial charge < -0.3 is 15.0 Å². The van der Waals surface area contributed by atoms with Crippen LogP contribution < -0.4 is 10.5 Å². The molecule has 2 N–H and O–H groups in total. The number of hydrogen-bond acceptors (Lipinski definition) is 7. The molecule has 0 aliphatic heterocycles. The van der Waals surface area contributed by atoms with E-state index in [1.54, 1.807) is 26.0 Å². The third-order valence-electron chi connectivity index (χ3n) is 2.46. The minimum Gasteiger partial charge on any atom is -0.477 e. The van der Waals surface area contributed by atoms with Gasteiger partial charge in [-0.1, -0.05) is 17.3 Å². The lowest BCUT2D eigenvalue weighted by atomic mass is 10.1. The number of rotatable bonds is 5. The Labute approximate surface area is 114 Å². The van der Waals surface area contributed by atoms with E-state index in [0.29, 0.717) is 5.82 Å². The first-order valence-electron chi connectivity index (χ1n) is 5.86. The number of nitrogens with zero attached hydrogens (tertiary/aromatic N) is 3. The van der Waals surface area contributed by atoms with E-state index >= 15 is 0 Å². The number of benzene rings is 1. The van der Waals surface area contributed by atoms with Crippen LogP contribution in [-0.4, -0.2) is 15.1 Å². The maximum absolute atomic E-state index is 10.8. The van der Waals surface area contributed by atoms with Crippen LogP contribution in [-0.2, 0) is 12.1 Å². The molecule has 8 heteroatoms. The summed E-state index contributed by atoms with van der Waals surface area (Å²) in [6.45, 7) is 3.42. The molecule has 0 atom stereocenters. The fourth-order valence-corrected chi connectivity index (χ4v) is 1.44. The van der Waals surface area contributed by atoms with Crippen molar-refractivity contribution in [2.45, 2.75) is 26.0 Å². The highest BCUT2D eigenvalue weighted by atomic mass is 16.6. The number of nitro groups is 1.